The molecule has 0 saturated carbocycles. The van der Waals surface area contributed by atoms with Crippen molar-refractivity contribution in [2.75, 3.05) is 0 Å². The summed E-state index contributed by atoms with van der Waals surface area (Å²) in [4.78, 5) is 0.0661. The molecule has 0 nitrogen and oxygen atoms in total. The highest BCUT2D eigenvalue weighted by Crippen LogP contribution is 2.36. The van der Waals surface area contributed by atoms with E-state index in [1.54, 1.807) is 0 Å². The second-order valence-corrected chi connectivity index (χ2v) is 6.29. The molecule has 0 aliphatic carbocycles. The molecule has 0 radical (unpaired) electrons. The molecule has 0 bridgehead atoms. The molecule has 0 unspecified atom stereocenters. The van der Waals surface area contributed by atoms with Crippen molar-refractivity contribution in [2.24, 2.45) is 0 Å². The van der Waals surface area contributed by atoms with Crippen molar-refractivity contribution in [3.8, 4) is 0 Å². The van der Waals surface area contributed by atoms with Crippen LogP contribution in [-0.2, 0) is 0 Å². The van der Waals surface area contributed by atoms with Gasteiger partial charge in [0.05, 0.1) is 8.95 Å². The number of hydrogen-bond donors (Lipinski definition) is 0. The molecule has 0 aliphatic rings. The van der Waals surface area contributed by atoms with E-state index in [4.69, 9.17) is 0 Å². The van der Waals surface area contributed by atoms with Gasteiger partial charge in [-0.05, 0) is 44.0 Å². The van der Waals surface area contributed by atoms with Crippen molar-refractivity contribution in [1.29, 1.82) is 0 Å². The molecule has 2 aromatic rings. The Bertz CT molecular complexity index is 591. The van der Waals surface area contributed by atoms with Crippen molar-refractivity contribution in [3.63, 3.8) is 0 Å². The first-order chi connectivity index (χ1) is 8.88. The lowest BCUT2D eigenvalue weighted by Crippen LogP contribution is -1.89. The maximum Gasteiger partial charge on any atom is 0.140 e. The smallest absolute Gasteiger partial charge is 0.140 e. The minimum Gasteiger partial charge on any atom is -0.206 e. The van der Waals surface area contributed by atoms with Gasteiger partial charge in [-0.2, -0.15) is 0 Å². The van der Waals surface area contributed by atoms with Gasteiger partial charge < -0.3 is 0 Å². The number of halogens is 6. The second-order valence-electron chi connectivity index (χ2n) is 3.50. The summed E-state index contributed by atoms with van der Waals surface area (Å²) in [5.41, 5.74) is 0. The molecule has 0 fully saturated rings. The van der Waals surface area contributed by atoms with Gasteiger partial charge in [-0.3, -0.25) is 0 Å². The van der Waals surface area contributed by atoms with E-state index in [0.29, 0.717) is 12.1 Å². The van der Waals surface area contributed by atoms with Gasteiger partial charge in [0.15, 0.2) is 0 Å². The SMILES string of the molecule is Fc1cc(F)c(Sc2cc(Br)c(F)cc2F)cc1Br. The zero-order valence-corrected chi connectivity index (χ0v) is 13.0. The van der Waals surface area contributed by atoms with Crippen LogP contribution in [0.15, 0.2) is 43.0 Å². The van der Waals surface area contributed by atoms with E-state index in [0.717, 1.165) is 11.8 Å². The summed E-state index contributed by atoms with van der Waals surface area (Å²) in [5, 5.41) is 0. The normalized spacial score (nSPS) is 10.8. The molecule has 0 N–H and O–H groups in total. The Balaban J connectivity index is 2.42. The van der Waals surface area contributed by atoms with Crippen molar-refractivity contribution < 1.29 is 17.6 Å². The summed E-state index contributed by atoms with van der Waals surface area (Å²) in [5.74, 6) is -3.12. The van der Waals surface area contributed by atoms with E-state index < -0.39 is 23.3 Å². The van der Waals surface area contributed by atoms with Crippen LogP contribution in [0.3, 0.4) is 0 Å². The molecular weight excluding hydrogens is 412 g/mol. The van der Waals surface area contributed by atoms with Crippen LogP contribution in [0.5, 0.6) is 0 Å². The summed E-state index contributed by atoms with van der Waals surface area (Å²) >= 11 is 6.58. The molecule has 0 aromatic heterocycles. The molecule has 100 valence electrons. The standard InChI is InChI=1S/C12H4Br2F4S/c13-5-1-11(9(17)3-7(5)15)19-12-2-6(14)8(16)4-10(12)18/h1-4H. The van der Waals surface area contributed by atoms with E-state index >= 15 is 0 Å². The quantitative estimate of drug-likeness (QED) is 0.433. The summed E-state index contributed by atoms with van der Waals surface area (Å²) < 4.78 is 53.3. The Kier molecular flexibility index (Phi) is 4.58. The predicted octanol–water partition coefficient (Wildman–Crippen LogP) is 5.92. The summed E-state index contributed by atoms with van der Waals surface area (Å²) in [6, 6.07) is 3.80. The Morgan fingerprint density at radius 2 is 1.00 bits per heavy atom. The first-order valence-electron chi connectivity index (χ1n) is 4.85. The molecule has 2 rings (SSSR count). The van der Waals surface area contributed by atoms with Crippen LogP contribution < -0.4 is 0 Å². The molecule has 0 amide bonds. The highest BCUT2D eigenvalue weighted by molar-refractivity contribution is 9.10. The maximum absolute atomic E-state index is 13.5. The minimum atomic E-state index is -0.814. The zero-order chi connectivity index (χ0) is 14.2. The lowest BCUT2D eigenvalue weighted by molar-refractivity contribution is 0.558. The second kappa shape index (κ2) is 5.85. The first-order valence-corrected chi connectivity index (χ1v) is 7.25. The summed E-state index contributed by atoms with van der Waals surface area (Å²) in [6.45, 7) is 0. The van der Waals surface area contributed by atoms with Gasteiger partial charge in [0, 0.05) is 21.9 Å². The van der Waals surface area contributed by atoms with Gasteiger partial charge in [-0.15, -0.1) is 0 Å². The fourth-order valence-electron chi connectivity index (χ4n) is 1.28. The number of rotatable bonds is 2. The fourth-order valence-corrected chi connectivity index (χ4v) is 3.18. The van der Waals surface area contributed by atoms with Gasteiger partial charge in [0.25, 0.3) is 0 Å². The highest BCUT2D eigenvalue weighted by atomic mass is 79.9. The molecule has 0 heterocycles. The van der Waals surface area contributed by atoms with Gasteiger partial charge >= 0.3 is 0 Å². The zero-order valence-electron chi connectivity index (χ0n) is 8.99. The molecule has 19 heavy (non-hydrogen) atoms. The van der Waals surface area contributed by atoms with Crippen LogP contribution in [0.25, 0.3) is 0 Å². The Morgan fingerprint density at radius 3 is 1.37 bits per heavy atom. The Hall–Kier alpha value is -0.530. The van der Waals surface area contributed by atoms with E-state index in [2.05, 4.69) is 31.9 Å². The van der Waals surface area contributed by atoms with Crippen molar-refractivity contribution in [1.82, 2.24) is 0 Å². The van der Waals surface area contributed by atoms with Crippen LogP contribution in [0.1, 0.15) is 0 Å². The molecule has 0 spiro atoms. The highest BCUT2D eigenvalue weighted by Gasteiger charge is 2.14. The average molecular weight is 416 g/mol. The molecule has 0 atom stereocenters. The number of hydrogen-bond acceptors (Lipinski definition) is 1. The third-order valence-corrected chi connectivity index (χ3v) is 4.45. The average Bonchev–Trinajstić information content (AvgIpc) is 2.32. The van der Waals surface area contributed by atoms with Gasteiger partial charge in [-0.1, -0.05) is 11.8 Å². The monoisotopic (exact) mass is 414 g/mol. The van der Waals surface area contributed by atoms with E-state index in [9.17, 15) is 17.6 Å². The van der Waals surface area contributed by atoms with Crippen LogP contribution in [0.2, 0.25) is 0 Å². The lowest BCUT2D eigenvalue weighted by atomic mass is 10.3. The van der Waals surface area contributed by atoms with Crippen LogP contribution in [0, 0.1) is 23.3 Å². The van der Waals surface area contributed by atoms with E-state index in [1.165, 1.54) is 12.1 Å². The fraction of sp³-hybridized carbons (Fsp3) is 0. The minimum absolute atomic E-state index is 0.0330. The molecule has 2 aromatic carbocycles. The van der Waals surface area contributed by atoms with E-state index in [1.807, 2.05) is 0 Å². The molecular formula is C12H4Br2F4S. The summed E-state index contributed by atoms with van der Waals surface area (Å²) in [7, 11) is 0. The van der Waals surface area contributed by atoms with E-state index in [-0.39, 0.29) is 18.7 Å². The van der Waals surface area contributed by atoms with Crippen molar-refractivity contribution in [2.45, 2.75) is 9.79 Å². The molecule has 0 saturated heterocycles. The first kappa shape index (κ1) is 14.9. The topological polar surface area (TPSA) is 0 Å². The van der Waals surface area contributed by atoms with Gasteiger partial charge in [-0.25, -0.2) is 17.6 Å². The predicted molar refractivity (Wildman–Crippen MR) is 72.2 cm³/mol. The van der Waals surface area contributed by atoms with Crippen LogP contribution in [-0.4, -0.2) is 0 Å². The van der Waals surface area contributed by atoms with Crippen LogP contribution >= 0.6 is 43.6 Å². The van der Waals surface area contributed by atoms with Gasteiger partial charge in [0.2, 0.25) is 0 Å². The van der Waals surface area contributed by atoms with Gasteiger partial charge in [0.1, 0.15) is 23.3 Å². The van der Waals surface area contributed by atoms with Crippen molar-refractivity contribution in [3.05, 3.63) is 56.5 Å². The van der Waals surface area contributed by atoms with Crippen LogP contribution in [0.4, 0.5) is 17.6 Å². The third-order valence-electron chi connectivity index (χ3n) is 2.17. The lowest BCUT2D eigenvalue weighted by Gasteiger charge is -2.07. The third kappa shape index (κ3) is 3.32. The Morgan fingerprint density at radius 1 is 0.632 bits per heavy atom. The molecule has 0 aliphatic heterocycles. The Labute approximate surface area is 127 Å². The molecule has 7 heteroatoms. The maximum atomic E-state index is 13.5. The summed E-state index contributed by atoms with van der Waals surface area (Å²) in [6.07, 6.45) is 0. The largest absolute Gasteiger partial charge is 0.206 e. The number of benzene rings is 2. The van der Waals surface area contributed by atoms with Crippen molar-refractivity contribution >= 4 is 43.6 Å².